The molecule has 1 nitrogen and oxygen atoms in total. The number of aryl methyl sites for hydroxylation is 2. The van der Waals surface area contributed by atoms with Crippen molar-refractivity contribution in [2.75, 3.05) is 0 Å². The van der Waals surface area contributed by atoms with Crippen molar-refractivity contribution in [1.29, 1.82) is 0 Å². The first-order chi connectivity index (χ1) is 7.13. The molecule has 0 aliphatic carbocycles. The van der Waals surface area contributed by atoms with E-state index in [2.05, 4.69) is 53.8 Å². The Labute approximate surface area is 105 Å². The zero-order valence-corrected chi connectivity index (χ0v) is 13.4. The van der Waals surface area contributed by atoms with Gasteiger partial charge in [-0.2, -0.15) is 0 Å². The van der Waals surface area contributed by atoms with Gasteiger partial charge < -0.3 is 4.43 Å². The van der Waals surface area contributed by atoms with Crippen LogP contribution in [0.25, 0.3) is 0 Å². The van der Waals surface area contributed by atoms with Crippen LogP contribution in [0.1, 0.15) is 36.1 Å². The molecule has 0 fully saturated rings. The van der Waals surface area contributed by atoms with E-state index in [4.69, 9.17) is 4.43 Å². The molecule has 0 saturated carbocycles. The van der Waals surface area contributed by atoms with Crippen LogP contribution in [-0.4, -0.2) is 8.32 Å². The van der Waals surface area contributed by atoms with Crippen LogP contribution in [-0.2, 0) is 11.0 Å². The fourth-order valence-corrected chi connectivity index (χ4v) is 3.18. The highest BCUT2D eigenvalue weighted by atomic mass is 32.1. The normalized spacial score (nSPS) is 13.2. The van der Waals surface area contributed by atoms with Crippen LogP contribution in [0.4, 0.5) is 0 Å². The molecule has 0 amide bonds. The SMILES string of the molecule is Cc1cc(CO[Si](C)(C)C(C)(C)C)c(C)s1. The molecule has 3 heteroatoms. The lowest BCUT2D eigenvalue weighted by Gasteiger charge is -2.36. The van der Waals surface area contributed by atoms with E-state index in [0.29, 0.717) is 5.04 Å². The van der Waals surface area contributed by atoms with Crippen molar-refractivity contribution >= 4 is 19.7 Å². The Morgan fingerprint density at radius 1 is 1.25 bits per heavy atom. The van der Waals surface area contributed by atoms with Crippen molar-refractivity contribution in [1.82, 2.24) is 0 Å². The zero-order chi connectivity index (χ0) is 12.6. The van der Waals surface area contributed by atoms with Crippen LogP contribution >= 0.6 is 11.3 Å². The van der Waals surface area contributed by atoms with E-state index >= 15 is 0 Å². The van der Waals surface area contributed by atoms with Gasteiger partial charge in [-0.15, -0.1) is 11.3 Å². The summed E-state index contributed by atoms with van der Waals surface area (Å²) in [5.41, 5.74) is 1.37. The van der Waals surface area contributed by atoms with Gasteiger partial charge in [-0.3, -0.25) is 0 Å². The molecule has 0 saturated heterocycles. The molecular formula is C13H24OSSi. The monoisotopic (exact) mass is 256 g/mol. The Balaban J connectivity index is 2.68. The fraction of sp³-hybridized carbons (Fsp3) is 0.692. The van der Waals surface area contributed by atoms with E-state index in [-0.39, 0.29) is 0 Å². The Morgan fingerprint density at radius 2 is 1.81 bits per heavy atom. The van der Waals surface area contributed by atoms with Gasteiger partial charge in [0.2, 0.25) is 0 Å². The van der Waals surface area contributed by atoms with E-state index < -0.39 is 8.32 Å². The van der Waals surface area contributed by atoms with E-state index in [1.165, 1.54) is 15.3 Å². The maximum absolute atomic E-state index is 6.22. The standard InChI is InChI=1S/C13H24OSSi/c1-10-8-12(11(2)15-10)9-14-16(6,7)13(3,4)5/h8H,9H2,1-7H3. The fourth-order valence-electron chi connectivity index (χ4n) is 1.30. The molecule has 0 unspecified atom stereocenters. The third kappa shape index (κ3) is 3.19. The van der Waals surface area contributed by atoms with Crippen LogP contribution in [0.15, 0.2) is 6.07 Å². The van der Waals surface area contributed by atoms with Crippen molar-refractivity contribution in [3.05, 3.63) is 21.4 Å². The molecule has 0 radical (unpaired) electrons. The summed E-state index contributed by atoms with van der Waals surface area (Å²) in [4.78, 5) is 2.78. The van der Waals surface area contributed by atoms with Gasteiger partial charge in [0, 0.05) is 9.75 Å². The van der Waals surface area contributed by atoms with Gasteiger partial charge >= 0.3 is 0 Å². The van der Waals surface area contributed by atoms with Crippen molar-refractivity contribution in [2.24, 2.45) is 0 Å². The lowest BCUT2D eigenvalue weighted by molar-refractivity contribution is 0.276. The molecule has 1 aromatic rings. The summed E-state index contributed by atoms with van der Waals surface area (Å²) < 4.78 is 6.22. The van der Waals surface area contributed by atoms with Crippen molar-refractivity contribution in [3.63, 3.8) is 0 Å². The zero-order valence-electron chi connectivity index (χ0n) is 11.6. The lowest BCUT2D eigenvalue weighted by Crippen LogP contribution is -2.40. The first kappa shape index (κ1) is 13.9. The molecule has 16 heavy (non-hydrogen) atoms. The van der Waals surface area contributed by atoms with Crippen molar-refractivity contribution in [3.8, 4) is 0 Å². The van der Waals surface area contributed by atoms with Crippen LogP contribution in [0.2, 0.25) is 18.1 Å². The molecule has 0 N–H and O–H groups in total. The van der Waals surface area contributed by atoms with Gasteiger partial charge in [0.05, 0.1) is 6.61 Å². The summed E-state index contributed by atoms with van der Waals surface area (Å²) in [5, 5.41) is 0.298. The maximum atomic E-state index is 6.22. The molecule has 0 aliphatic rings. The van der Waals surface area contributed by atoms with Gasteiger partial charge in [-0.25, -0.2) is 0 Å². The predicted octanol–water partition coefficient (Wildman–Crippen LogP) is 4.89. The average molecular weight is 256 g/mol. The maximum Gasteiger partial charge on any atom is 0.192 e. The van der Waals surface area contributed by atoms with Crippen LogP contribution in [0, 0.1) is 13.8 Å². The molecule has 0 spiro atoms. The Hall–Kier alpha value is -0.123. The topological polar surface area (TPSA) is 9.23 Å². The van der Waals surface area contributed by atoms with Crippen molar-refractivity contribution < 1.29 is 4.43 Å². The summed E-state index contributed by atoms with van der Waals surface area (Å²) in [7, 11) is -1.60. The smallest absolute Gasteiger partial charge is 0.192 e. The highest BCUT2D eigenvalue weighted by molar-refractivity contribution is 7.12. The Kier molecular flexibility index (Phi) is 4.03. The summed E-state index contributed by atoms with van der Waals surface area (Å²) in [6.45, 7) is 16.6. The quantitative estimate of drug-likeness (QED) is 0.700. The highest BCUT2D eigenvalue weighted by Crippen LogP contribution is 2.37. The van der Waals surface area contributed by atoms with Crippen molar-refractivity contribution in [2.45, 2.75) is 59.4 Å². The van der Waals surface area contributed by atoms with Crippen LogP contribution < -0.4 is 0 Å². The lowest BCUT2D eigenvalue weighted by atomic mass is 10.2. The van der Waals surface area contributed by atoms with E-state index in [9.17, 15) is 0 Å². The Morgan fingerprint density at radius 3 is 2.19 bits per heavy atom. The summed E-state index contributed by atoms with van der Waals surface area (Å²) in [6.07, 6.45) is 0. The summed E-state index contributed by atoms with van der Waals surface area (Å²) in [6, 6.07) is 2.26. The van der Waals surface area contributed by atoms with Crippen LogP contribution in [0.3, 0.4) is 0 Å². The van der Waals surface area contributed by atoms with Gasteiger partial charge in [0.1, 0.15) is 0 Å². The number of rotatable bonds is 3. The minimum absolute atomic E-state index is 0.298. The molecule has 1 rings (SSSR count). The molecule has 92 valence electrons. The highest BCUT2D eigenvalue weighted by Gasteiger charge is 2.37. The van der Waals surface area contributed by atoms with E-state index in [1.807, 2.05) is 11.3 Å². The number of hydrogen-bond donors (Lipinski definition) is 0. The minimum Gasteiger partial charge on any atom is -0.413 e. The number of hydrogen-bond acceptors (Lipinski definition) is 2. The second-order valence-corrected chi connectivity index (χ2v) is 12.3. The van der Waals surface area contributed by atoms with Gasteiger partial charge in [-0.1, -0.05) is 20.8 Å². The van der Waals surface area contributed by atoms with Gasteiger partial charge in [0.25, 0.3) is 0 Å². The summed E-state index contributed by atoms with van der Waals surface area (Å²) in [5.74, 6) is 0. The largest absolute Gasteiger partial charge is 0.413 e. The first-order valence-corrected chi connectivity index (χ1v) is 9.56. The molecular weight excluding hydrogens is 232 g/mol. The molecule has 0 aromatic carbocycles. The van der Waals surface area contributed by atoms with E-state index in [0.717, 1.165) is 6.61 Å². The average Bonchev–Trinajstić information content (AvgIpc) is 2.39. The third-order valence-electron chi connectivity index (χ3n) is 3.54. The molecule has 1 heterocycles. The second kappa shape index (κ2) is 4.63. The molecule has 0 bridgehead atoms. The summed E-state index contributed by atoms with van der Waals surface area (Å²) >= 11 is 1.86. The van der Waals surface area contributed by atoms with Gasteiger partial charge in [0.15, 0.2) is 8.32 Å². The molecule has 0 atom stereocenters. The first-order valence-electron chi connectivity index (χ1n) is 5.83. The van der Waals surface area contributed by atoms with Gasteiger partial charge in [-0.05, 0) is 43.6 Å². The van der Waals surface area contributed by atoms with E-state index in [1.54, 1.807) is 0 Å². The second-order valence-electron chi connectivity index (χ2n) is 5.99. The Bertz CT molecular complexity index is 360. The third-order valence-corrected chi connectivity index (χ3v) is 9.03. The number of thiophene rings is 1. The predicted molar refractivity (Wildman–Crippen MR) is 75.8 cm³/mol. The molecule has 0 aliphatic heterocycles. The minimum atomic E-state index is -1.60. The van der Waals surface area contributed by atoms with Crippen LogP contribution in [0.5, 0.6) is 0 Å². The molecule has 1 aromatic heterocycles.